The van der Waals surface area contributed by atoms with Crippen LogP contribution in [-0.4, -0.2) is 84.2 Å². The Morgan fingerprint density at radius 3 is 2.41 bits per heavy atom. The summed E-state index contributed by atoms with van der Waals surface area (Å²) in [7, 11) is 0. The second-order valence-electron chi connectivity index (χ2n) is 9.87. The maximum absolute atomic E-state index is 10.4. The van der Waals surface area contributed by atoms with Gasteiger partial charge < -0.3 is 25.0 Å². The van der Waals surface area contributed by atoms with Gasteiger partial charge in [-0.25, -0.2) is 9.59 Å². The zero-order valence-corrected chi connectivity index (χ0v) is 20.6. The number of piperazine rings is 1. The molecule has 9 heteroatoms. The predicted molar refractivity (Wildman–Crippen MR) is 130 cm³/mol. The van der Waals surface area contributed by atoms with E-state index in [1.165, 1.54) is 24.1 Å². The number of carboxylic acids is 2. The van der Waals surface area contributed by atoms with Gasteiger partial charge in [0.25, 0.3) is 0 Å². The number of nitrogens with zero attached hydrogens (tertiary/aromatic N) is 2. The topological polar surface area (TPSA) is 111 Å². The van der Waals surface area contributed by atoms with Crippen molar-refractivity contribution in [1.82, 2.24) is 4.90 Å². The van der Waals surface area contributed by atoms with Crippen LogP contribution in [0.25, 0.3) is 0 Å². The molecule has 1 heterocycles. The number of β-amino-alcohol motifs (C(OH)–C–C–N with tert-alkyl or cyclic N) is 1. The average molecular weight is 495 g/mol. The summed E-state index contributed by atoms with van der Waals surface area (Å²) in [5, 5.41) is 26.0. The molecule has 3 aliphatic carbocycles. The van der Waals surface area contributed by atoms with Crippen molar-refractivity contribution in [2.24, 2.45) is 17.3 Å². The highest BCUT2D eigenvalue weighted by Gasteiger charge is 2.50. The van der Waals surface area contributed by atoms with Crippen LogP contribution in [0.3, 0.4) is 0 Å². The smallest absolute Gasteiger partial charge is 0.414 e. The lowest BCUT2D eigenvalue weighted by atomic mass is 9.49. The summed E-state index contributed by atoms with van der Waals surface area (Å²) >= 11 is 6.11. The highest BCUT2D eigenvalue weighted by atomic mass is 35.5. The van der Waals surface area contributed by atoms with Crippen LogP contribution in [0.2, 0.25) is 5.02 Å². The van der Waals surface area contributed by atoms with Gasteiger partial charge in [-0.15, -0.1) is 0 Å². The largest absolute Gasteiger partial charge is 0.473 e. The molecular weight excluding hydrogens is 460 g/mol. The van der Waals surface area contributed by atoms with Crippen LogP contribution in [0.15, 0.2) is 35.9 Å². The first-order chi connectivity index (χ1) is 16.1. The van der Waals surface area contributed by atoms with E-state index < -0.39 is 18.0 Å². The van der Waals surface area contributed by atoms with Gasteiger partial charge >= 0.3 is 11.9 Å². The van der Waals surface area contributed by atoms with Crippen molar-refractivity contribution < 1.29 is 29.6 Å². The summed E-state index contributed by atoms with van der Waals surface area (Å²) in [5.74, 6) is -2.11. The SMILES string of the molecule is CC1(C)C2CC=C(COCC(O)CN3CCN(c4cccc(Cl)c4)CC3)C1C2.O=C(O)C(=O)O. The van der Waals surface area contributed by atoms with Crippen molar-refractivity contribution in [2.75, 3.05) is 50.8 Å². The fraction of sp³-hybridized carbons (Fsp3) is 0.600. The van der Waals surface area contributed by atoms with Crippen molar-refractivity contribution in [3.8, 4) is 0 Å². The van der Waals surface area contributed by atoms with Gasteiger partial charge in [0, 0.05) is 43.4 Å². The van der Waals surface area contributed by atoms with Crippen molar-refractivity contribution in [1.29, 1.82) is 0 Å². The van der Waals surface area contributed by atoms with Crippen LogP contribution in [0.4, 0.5) is 5.69 Å². The Morgan fingerprint density at radius 2 is 1.85 bits per heavy atom. The third-order valence-corrected chi connectivity index (χ3v) is 7.59. The highest BCUT2D eigenvalue weighted by molar-refractivity contribution is 6.30. The number of aliphatic carboxylic acids is 2. The van der Waals surface area contributed by atoms with E-state index in [1.54, 1.807) is 0 Å². The Labute approximate surface area is 205 Å². The number of aliphatic hydroxyl groups excluding tert-OH is 1. The van der Waals surface area contributed by atoms with Gasteiger partial charge in [-0.1, -0.05) is 37.6 Å². The Kier molecular flexibility index (Phi) is 8.98. The van der Waals surface area contributed by atoms with Crippen LogP contribution < -0.4 is 4.90 Å². The van der Waals surface area contributed by atoms with Gasteiger partial charge in [0.15, 0.2) is 0 Å². The molecule has 1 aromatic rings. The molecule has 188 valence electrons. The number of allylic oxidation sites excluding steroid dienone is 1. The van der Waals surface area contributed by atoms with Crippen LogP contribution >= 0.6 is 11.6 Å². The van der Waals surface area contributed by atoms with E-state index in [2.05, 4.69) is 35.8 Å². The number of hydrogen-bond donors (Lipinski definition) is 3. The molecule has 0 spiro atoms. The quantitative estimate of drug-likeness (QED) is 0.392. The zero-order valence-electron chi connectivity index (χ0n) is 19.8. The summed E-state index contributed by atoms with van der Waals surface area (Å²) in [6.07, 6.45) is 4.47. The van der Waals surface area contributed by atoms with Gasteiger partial charge in [0.1, 0.15) is 0 Å². The molecular formula is C25H35ClN2O6. The number of hydrogen-bond acceptors (Lipinski definition) is 6. The Balaban J connectivity index is 0.000000481. The number of rotatable bonds is 7. The van der Waals surface area contributed by atoms with E-state index in [0.717, 1.165) is 37.1 Å². The molecule has 1 saturated carbocycles. The Bertz CT molecular complexity index is 885. The number of fused-ring (bicyclic) bond motifs is 1. The molecule has 1 aromatic carbocycles. The summed E-state index contributed by atoms with van der Waals surface area (Å²) in [4.78, 5) is 22.9. The Morgan fingerprint density at radius 1 is 1.18 bits per heavy atom. The van der Waals surface area contributed by atoms with E-state index in [-0.39, 0.29) is 0 Å². The summed E-state index contributed by atoms with van der Waals surface area (Å²) in [5.41, 5.74) is 3.07. The molecule has 4 aliphatic rings. The summed E-state index contributed by atoms with van der Waals surface area (Å²) in [6, 6.07) is 8.03. The van der Waals surface area contributed by atoms with Crippen molar-refractivity contribution in [2.45, 2.75) is 32.8 Å². The fourth-order valence-corrected chi connectivity index (χ4v) is 5.35. The van der Waals surface area contributed by atoms with E-state index >= 15 is 0 Å². The lowest BCUT2D eigenvalue weighted by Crippen LogP contribution is -2.49. The van der Waals surface area contributed by atoms with Crippen LogP contribution in [-0.2, 0) is 14.3 Å². The number of carbonyl (C=O) groups is 2. The standard InChI is InChI=1S/C23H33ClN2O2.C2H2O4/c1-23(2)18-7-6-17(22(23)12-18)15-28-16-21(27)14-25-8-10-26(11-9-25)20-5-3-4-19(24)13-20;3-1(4)2(5)6/h3-6,13,18,21-22,27H,7-12,14-16H2,1-2H3;(H,3,4)(H,5,6). The van der Waals surface area contributed by atoms with Gasteiger partial charge in [0.2, 0.25) is 0 Å². The van der Waals surface area contributed by atoms with Gasteiger partial charge in [0.05, 0.1) is 19.3 Å². The zero-order chi connectivity index (χ0) is 24.9. The van der Waals surface area contributed by atoms with Crippen LogP contribution in [0, 0.1) is 17.3 Å². The Hall–Kier alpha value is -2.13. The first kappa shape index (κ1) is 26.5. The first-order valence-corrected chi connectivity index (χ1v) is 12.1. The molecule has 34 heavy (non-hydrogen) atoms. The molecule has 8 nitrogen and oxygen atoms in total. The molecule has 0 radical (unpaired) electrons. The third kappa shape index (κ3) is 6.72. The van der Waals surface area contributed by atoms with E-state index in [4.69, 9.17) is 36.1 Å². The maximum atomic E-state index is 10.4. The molecule has 1 saturated heterocycles. The predicted octanol–water partition coefficient (Wildman–Crippen LogP) is 2.99. The number of benzene rings is 1. The molecule has 1 aliphatic heterocycles. The minimum Gasteiger partial charge on any atom is -0.473 e. The monoisotopic (exact) mass is 494 g/mol. The number of halogens is 1. The third-order valence-electron chi connectivity index (χ3n) is 7.36. The number of aliphatic hydroxyl groups is 1. The molecule has 3 unspecified atom stereocenters. The van der Waals surface area contributed by atoms with E-state index in [0.29, 0.717) is 31.1 Å². The molecule has 0 aromatic heterocycles. The second kappa shape index (κ2) is 11.5. The molecule has 0 amide bonds. The average Bonchev–Trinajstić information content (AvgIpc) is 2.80. The second-order valence-corrected chi connectivity index (χ2v) is 10.3. The molecule has 3 N–H and O–H groups in total. The first-order valence-electron chi connectivity index (χ1n) is 11.7. The normalized spacial score (nSPS) is 24.2. The number of ether oxygens (including phenoxy) is 1. The van der Waals surface area contributed by atoms with Gasteiger partial charge in [-0.05, 0) is 53.9 Å². The lowest BCUT2D eigenvalue weighted by Gasteiger charge is -2.56. The molecule has 3 atom stereocenters. The van der Waals surface area contributed by atoms with Crippen molar-refractivity contribution in [3.63, 3.8) is 0 Å². The summed E-state index contributed by atoms with van der Waals surface area (Å²) < 4.78 is 5.90. The molecule has 5 rings (SSSR count). The minimum atomic E-state index is -1.82. The molecule has 2 fully saturated rings. The van der Waals surface area contributed by atoms with Crippen LogP contribution in [0.1, 0.15) is 26.7 Å². The highest BCUT2D eigenvalue weighted by Crippen LogP contribution is 2.59. The van der Waals surface area contributed by atoms with Gasteiger partial charge in [-0.3, -0.25) is 4.90 Å². The van der Waals surface area contributed by atoms with E-state index in [1.807, 2.05) is 18.2 Å². The minimum absolute atomic E-state index is 0.419. The van der Waals surface area contributed by atoms with Crippen molar-refractivity contribution >= 4 is 29.2 Å². The van der Waals surface area contributed by atoms with E-state index in [9.17, 15) is 5.11 Å². The fourth-order valence-electron chi connectivity index (χ4n) is 5.17. The van der Waals surface area contributed by atoms with Crippen molar-refractivity contribution in [3.05, 3.63) is 40.9 Å². The van der Waals surface area contributed by atoms with Crippen LogP contribution in [0.5, 0.6) is 0 Å². The molecule has 2 bridgehead atoms. The maximum Gasteiger partial charge on any atom is 0.414 e. The number of anilines is 1. The summed E-state index contributed by atoms with van der Waals surface area (Å²) in [6.45, 7) is 10.4. The lowest BCUT2D eigenvalue weighted by molar-refractivity contribution is -0.159. The van der Waals surface area contributed by atoms with Gasteiger partial charge in [-0.2, -0.15) is 0 Å². The number of carboxylic acid groups (broad SMARTS) is 2.